The van der Waals surface area contributed by atoms with Crippen LogP contribution in [0, 0.1) is 13.8 Å². The summed E-state index contributed by atoms with van der Waals surface area (Å²) >= 11 is 0. The van der Waals surface area contributed by atoms with Gasteiger partial charge in [0.2, 0.25) is 0 Å². The third-order valence-electron chi connectivity index (χ3n) is 5.10. The first-order valence-corrected chi connectivity index (χ1v) is 14.5. The molecule has 3 aromatic carbocycles. The lowest BCUT2D eigenvalue weighted by Crippen LogP contribution is -2.43. The lowest BCUT2D eigenvalue weighted by Gasteiger charge is -2.19. The Morgan fingerprint density at radius 3 is 1.51 bits per heavy atom. The zero-order valence-corrected chi connectivity index (χ0v) is 23.1. The highest BCUT2D eigenvalue weighted by atomic mass is 32.2. The maximum absolute atomic E-state index is 11.9. The van der Waals surface area contributed by atoms with Crippen molar-refractivity contribution < 1.29 is 39.8 Å². The Morgan fingerprint density at radius 1 is 0.744 bits per heavy atom. The van der Waals surface area contributed by atoms with E-state index >= 15 is 0 Å². The van der Waals surface area contributed by atoms with Crippen molar-refractivity contribution >= 4 is 20.2 Å². The molecule has 9 nitrogen and oxygen atoms in total. The molecule has 0 heterocycles. The van der Waals surface area contributed by atoms with E-state index in [-0.39, 0.29) is 16.3 Å². The predicted octanol–water partition coefficient (Wildman–Crippen LogP) is 3.26. The molecule has 0 spiro atoms. The first-order valence-electron chi connectivity index (χ1n) is 11.6. The van der Waals surface area contributed by atoms with Crippen molar-refractivity contribution in [3.63, 3.8) is 0 Å². The minimum absolute atomic E-state index is 0.0666. The summed E-state index contributed by atoms with van der Waals surface area (Å²) in [7, 11) is -8.04. The smallest absolute Gasteiger partial charge is 0.294 e. The summed E-state index contributed by atoms with van der Waals surface area (Å²) < 4.78 is 82.8. The highest BCUT2D eigenvalue weighted by Crippen LogP contribution is 2.09. The fourth-order valence-electron chi connectivity index (χ4n) is 2.93. The van der Waals surface area contributed by atoms with Crippen LogP contribution in [0.4, 0.5) is 8.78 Å². The van der Waals surface area contributed by atoms with Gasteiger partial charge in [-0.1, -0.05) is 65.7 Å². The van der Waals surface area contributed by atoms with Gasteiger partial charge in [0.15, 0.2) is 0 Å². The highest BCUT2D eigenvalue weighted by molar-refractivity contribution is 7.86. The van der Waals surface area contributed by atoms with Crippen LogP contribution in [0.15, 0.2) is 88.7 Å². The molecular formula is C26H34F2N2O7S2. The van der Waals surface area contributed by atoms with Crippen LogP contribution in [0.5, 0.6) is 0 Å². The minimum Gasteiger partial charge on any atom is -0.390 e. The molecule has 0 fully saturated rings. The van der Waals surface area contributed by atoms with Gasteiger partial charge in [-0.15, -0.1) is 0 Å². The van der Waals surface area contributed by atoms with Crippen LogP contribution >= 0.6 is 0 Å². The molecule has 2 atom stereocenters. The summed E-state index contributed by atoms with van der Waals surface area (Å²) in [5.41, 5.74) is 8.72. The zero-order chi connectivity index (χ0) is 29.6. The van der Waals surface area contributed by atoms with Crippen molar-refractivity contribution in [2.75, 3.05) is 13.1 Å². The van der Waals surface area contributed by atoms with Gasteiger partial charge < -0.3 is 16.2 Å². The topological polar surface area (TPSA) is 167 Å². The number of aliphatic hydroxyl groups excluding tert-OH is 1. The molecule has 0 saturated heterocycles. The van der Waals surface area contributed by atoms with Gasteiger partial charge in [0.25, 0.3) is 26.7 Å². The molecule has 0 amide bonds. The second-order valence-corrected chi connectivity index (χ2v) is 11.4. The number of hydrogen-bond acceptors (Lipinski definition) is 7. The number of nitrogens with two attached hydrogens (primary N) is 1. The average Bonchev–Trinajstić information content (AvgIpc) is 2.84. The number of benzene rings is 3. The van der Waals surface area contributed by atoms with Gasteiger partial charge >= 0.3 is 0 Å². The summed E-state index contributed by atoms with van der Waals surface area (Å²) in [6, 6.07) is 21.0. The third kappa shape index (κ3) is 14.8. The molecule has 3 aromatic rings. The first-order chi connectivity index (χ1) is 18.1. The summed E-state index contributed by atoms with van der Waals surface area (Å²) in [5.74, 6) is 0. The maximum atomic E-state index is 11.9. The van der Waals surface area contributed by atoms with E-state index in [0.717, 1.165) is 16.7 Å². The van der Waals surface area contributed by atoms with E-state index in [4.69, 9.17) is 14.8 Å². The molecule has 0 aromatic heterocycles. The molecule has 0 unspecified atom stereocenters. The third-order valence-corrected chi connectivity index (χ3v) is 6.83. The van der Waals surface area contributed by atoms with E-state index in [1.807, 2.05) is 44.2 Å². The van der Waals surface area contributed by atoms with Gasteiger partial charge in [0.05, 0.1) is 22.4 Å². The summed E-state index contributed by atoms with van der Waals surface area (Å²) in [4.78, 5) is -0.133. The summed E-state index contributed by atoms with van der Waals surface area (Å²) in [6.45, 7) is 3.34. The fraction of sp³-hybridized carbons (Fsp3) is 0.308. The van der Waals surface area contributed by atoms with Gasteiger partial charge in [-0.2, -0.15) is 16.8 Å². The molecule has 13 heteroatoms. The number of aryl methyl sites for hydroxylation is 2. The molecule has 0 saturated carbocycles. The van der Waals surface area contributed by atoms with E-state index in [9.17, 15) is 30.7 Å². The van der Waals surface area contributed by atoms with Crippen LogP contribution in [0.1, 0.15) is 16.7 Å². The van der Waals surface area contributed by atoms with E-state index in [1.165, 1.54) is 24.3 Å². The van der Waals surface area contributed by atoms with Crippen molar-refractivity contribution in [1.29, 1.82) is 0 Å². The van der Waals surface area contributed by atoms with E-state index < -0.39 is 45.4 Å². The van der Waals surface area contributed by atoms with E-state index in [0.29, 0.717) is 6.42 Å². The predicted molar refractivity (Wildman–Crippen MR) is 145 cm³/mol. The molecule has 216 valence electrons. The monoisotopic (exact) mass is 588 g/mol. The number of alkyl halides is 2. The van der Waals surface area contributed by atoms with Crippen LogP contribution in [0.2, 0.25) is 0 Å². The Balaban J connectivity index is 0.000000304. The molecular weight excluding hydrogens is 554 g/mol. The SMILES string of the molecule is Cc1ccc(S(=O)(=O)O)cc1.Cc1ccc(S(=O)(=O)O)cc1.N[C@@H](Cc1ccccc1)[C@H](O)CNCC(F)F. The fourth-order valence-corrected chi connectivity index (χ4v) is 3.89. The van der Waals surface area contributed by atoms with E-state index in [2.05, 4.69) is 5.32 Å². The second-order valence-electron chi connectivity index (χ2n) is 8.55. The number of nitrogens with one attached hydrogen (secondary N) is 1. The quantitative estimate of drug-likeness (QED) is 0.236. The minimum atomic E-state index is -4.02. The molecule has 0 aliphatic heterocycles. The number of aliphatic hydroxyl groups is 1. The number of hydrogen-bond donors (Lipinski definition) is 5. The Hall–Kier alpha value is -2.78. The van der Waals surface area contributed by atoms with Crippen molar-refractivity contribution in [1.82, 2.24) is 5.32 Å². The van der Waals surface area contributed by atoms with Gasteiger partial charge in [0, 0.05) is 12.6 Å². The second kappa shape index (κ2) is 16.4. The highest BCUT2D eigenvalue weighted by Gasteiger charge is 2.15. The van der Waals surface area contributed by atoms with Crippen LogP contribution in [-0.2, 0) is 26.7 Å². The summed E-state index contributed by atoms with van der Waals surface area (Å²) in [5, 5.41) is 12.1. The first kappa shape index (κ1) is 34.2. The molecule has 39 heavy (non-hydrogen) atoms. The summed E-state index contributed by atoms with van der Waals surface area (Å²) in [6.07, 6.45) is -2.71. The molecule has 6 N–H and O–H groups in total. The lowest BCUT2D eigenvalue weighted by atomic mass is 10.0. The lowest BCUT2D eigenvalue weighted by molar-refractivity contribution is 0.117. The normalized spacial score (nSPS) is 12.9. The Morgan fingerprint density at radius 2 is 1.15 bits per heavy atom. The number of rotatable bonds is 9. The van der Waals surface area contributed by atoms with Gasteiger partial charge in [-0.05, 0) is 50.1 Å². The Bertz CT molecular complexity index is 1250. The van der Waals surface area contributed by atoms with Crippen LogP contribution in [0.25, 0.3) is 0 Å². The van der Waals surface area contributed by atoms with Crippen LogP contribution < -0.4 is 11.1 Å². The molecule has 0 aliphatic carbocycles. The molecule has 0 bridgehead atoms. The van der Waals surface area contributed by atoms with Crippen LogP contribution in [0.3, 0.4) is 0 Å². The van der Waals surface area contributed by atoms with Crippen molar-refractivity contribution in [2.24, 2.45) is 5.73 Å². The van der Waals surface area contributed by atoms with Crippen LogP contribution in [-0.4, -0.2) is 62.7 Å². The standard InChI is InChI=1S/C12H18F2N2O.2C7H8O3S/c13-12(14)8-16-7-11(17)10(15)6-9-4-2-1-3-5-9;2*1-6-2-4-7(5-3-6)11(8,9)10/h1-5,10-12,16-17H,6-8,15H2;2*2-5H,1H3,(H,8,9,10)/t10-,11+;;/m0../s1. The maximum Gasteiger partial charge on any atom is 0.294 e. The molecule has 3 rings (SSSR count). The molecule has 0 radical (unpaired) electrons. The Kier molecular flexibility index (Phi) is 14.4. The zero-order valence-electron chi connectivity index (χ0n) is 21.5. The molecule has 0 aliphatic rings. The van der Waals surface area contributed by atoms with Gasteiger partial charge in [0.1, 0.15) is 0 Å². The van der Waals surface area contributed by atoms with Gasteiger partial charge in [-0.25, -0.2) is 8.78 Å². The largest absolute Gasteiger partial charge is 0.390 e. The average molecular weight is 589 g/mol. The van der Waals surface area contributed by atoms with Crippen molar-refractivity contribution in [3.8, 4) is 0 Å². The van der Waals surface area contributed by atoms with Gasteiger partial charge in [-0.3, -0.25) is 9.11 Å². The van der Waals surface area contributed by atoms with Crippen molar-refractivity contribution in [2.45, 2.75) is 48.6 Å². The Labute approximate surface area is 228 Å². The van der Waals surface area contributed by atoms with E-state index in [1.54, 1.807) is 24.3 Å². The van der Waals surface area contributed by atoms with Crippen molar-refractivity contribution in [3.05, 3.63) is 95.6 Å². The number of halogens is 2.